The molecule has 4 nitrogen and oxygen atoms in total. The molecule has 2 aromatic rings. The van der Waals surface area contributed by atoms with Gasteiger partial charge in [-0.1, -0.05) is 18.2 Å². The summed E-state index contributed by atoms with van der Waals surface area (Å²) in [5, 5.41) is 2.94. The van der Waals surface area contributed by atoms with Crippen LogP contribution in [0.2, 0.25) is 0 Å². The maximum absolute atomic E-state index is 12.2. The number of methoxy groups -OCH3 is 2. The van der Waals surface area contributed by atoms with Crippen molar-refractivity contribution in [1.29, 1.82) is 0 Å². The van der Waals surface area contributed by atoms with Gasteiger partial charge < -0.3 is 14.8 Å². The molecule has 0 fully saturated rings. The summed E-state index contributed by atoms with van der Waals surface area (Å²) in [6.07, 6.45) is 0.980. The van der Waals surface area contributed by atoms with Crippen molar-refractivity contribution in [3.63, 3.8) is 0 Å². The smallest absolute Gasteiger partial charge is 0.224 e. The normalized spacial score (nSPS) is 10.3. The molecule has 0 aliphatic rings. The minimum atomic E-state index is -0.0156. The average molecular weight is 313 g/mol. The van der Waals surface area contributed by atoms with Gasteiger partial charge in [0.05, 0.1) is 14.2 Å². The Morgan fingerprint density at radius 1 is 1.04 bits per heavy atom. The number of amides is 1. The highest BCUT2D eigenvalue weighted by molar-refractivity contribution is 5.91. The van der Waals surface area contributed by atoms with Crippen molar-refractivity contribution in [1.82, 2.24) is 0 Å². The van der Waals surface area contributed by atoms with Crippen LogP contribution in [0.15, 0.2) is 36.4 Å². The number of rotatable bonds is 6. The molecule has 2 rings (SSSR count). The van der Waals surface area contributed by atoms with Crippen molar-refractivity contribution in [2.45, 2.75) is 26.7 Å². The van der Waals surface area contributed by atoms with E-state index in [2.05, 4.69) is 12.2 Å². The lowest BCUT2D eigenvalue weighted by Gasteiger charge is -2.12. The Kier molecular flexibility index (Phi) is 5.63. The highest BCUT2D eigenvalue weighted by atomic mass is 16.5. The predicted molar refractivity (Wildman–Crippen MR) is 92.4 cm³/mol. The number of ether oxygens (including phenoxy) is 2. The highest BCUT2D eigenvalue weighted by Gasteiger charge is 2.11. The van der Waals surface area contributed by atoms with E-state index in [9.17, 15) is 4.79 Å². The number of anilines is 1. The van der Waals surface area contributed by atoms with Crippen LogP contribution in [0.4, 0.5) is 5.69 Å². The van der Waals surface area contributed by atoms with Crippen molar-refractivity contribution in [3.8, 4) is 11.5 Å². The molecular weight excluding hydrogens is 290 g/mol. The van der Waals surface area contributed by atoms with Crippen LogP contribution in [0.3, 0.4) is 0 Å². The minimum absolute atomic E-state index is 0.0156. The van der Waals surface area contributed by atoms with E-state index in [0.717, 1.165) is 16.8 Å². The molecule has 4 heteroatoms. The van der Waals surface area contributed by atoms with Gasteiger partial charge in [-0.15, -0.1) is 0 Å². The van der Waals surface area contributed by atoms with Crippen molar-refractivity contribution in [2.75, 3.05) is 19.5 Å². The fourth-order valence-corrected chi connectivity index (χ4v) is 2.44. The second kappa shape index (κ2) is 7.68. The summed E-state index contributed by atoms with van der Waals surface area (Å²) in [4.78, 5) is 12.2. The first-order valence-electron chi connectivity index (χ1n) is 7.62. The van der Waals surface area contributed by atoms with Gasteiger partial charge >= 0.3 is 0 Å². The lowest BCUT2D eigenvalue weighted by molar-refractivity contribution is -0.116. The van der Waals surface area contributed by atoms with Crippen LogP contribution in [0.5, 0.6) is 11.5 Å². The Labute approximate surface area is 137 Å². The Balaban J connectivity index is 2.00. The van der Waals surface area contributed by atoms with Gasteiger partial charge in [0.25, 0.3) is 0 Å². The zero-order chi connectivity index (χ0) is 16.8. The van der Waals surface area contributed by atoms with Crippen LogP contribution in [0.1, 0.15) is 23.1 Å². The number of hydrogen-bond acceptors (Lipinski definition) is 3. The summed E-state index contributed by atoms with van der Waals surface area (Å²) in [6.45, 7) is 4.09. The maximum Gasteiger partial charge on any atom is 0.224 e. The van der Waals surface area contributed by atoms with Crippen LogP contribution in [-0.4, -0.2) is 20.1 Å². The van der Waals surface area contributed by atoms with Gasteiger partial charge in [0.2, 0.25) is 5.91 Å². The first-order valence-corrected chi connectivity index (χ1v) is 7.62. The van der Waals surface area contributed by atoms with Gasteiger partial charge in [-0.25, -0.2) is 0 Å². The average Bonchev–Trinajstić information content (AvgIpc) is 2.55. The van der Waals surface area contributed by atoms with Crippen LogP contribution >= 0.6 is 0 Å². The van der Waals surface area contributed by atoms with E-state index < -0.39 is 0 Å². The van der Waals surface area contributed by atoms with Gasteiger partial charge in [0.15, 0.2) is 11.5 Å². The largest absolute Gasteiger partial charge is 0.493 e. The standard InChI is InChI=1S/C19H23NO3/c1-13-8-10-16(12-14(13)2)20-18(21)11-9-15-6-5-7-17(22-3)19(15)23-4/h5-8,10,12H,9,11H2,1-4H3,(H,20,21). The first kappa shape index (κ1) is 16.9. The second-order valence-corrected chi connectivity index (χ2v) is 5.50. The summed E-state index contributed by atoms with van der Waals surface area (Å²) in [6, 6.07) is 11.6. The van der Waals surface area contributed by atoms with Crippen molar-refractivity contribution < 1.29 is 14.3 Å². The van der Waals surface area contributed by atoms with Gasteiger partial charge in [-0.3, -0.25) is 4.79 Å². The molecule has 0 unspecified atom stereocenters. The molecule has 1 N–H and O–H groups in total. The van der Waals surface area contributed by atoms with Crippen molar-refractivity contribution in [2.24, 2.45) is 0 Å². The monoisotopic (exact) mass is 313 g/mol. The number of aryl methyl sites for hydroxylation is 3. The summed E-state index contributed by atoms with van der Waals surface area (Å²) < 4.78 is 10.7. The second-order valence-electron chi connectivity index (χ2n) is 5.50. The minimum Gasteiger partial charge on any atom is -0.493 e. The Hall–Kier alpha value is -2.49. The Morgan fingerprint density at radius 2 is 1.83 bits per heavy atom. The van der Waals surface area contributed by atoms with Gasteiger partial charge in [-0.05, 0) is 55.2 Å². The molecule has 0 bridgehead atoms. The lowest BCUT2D eigenvalue weighted by Crippen LogP contribution is -2.12. The molecule has 0 atom stereocenters. The third kappa shape index (κ3) is 4.25. The molecule has 0 spiro atoms. The lowest BCUT2D eigenvalue weighted by atomic mass is 10.1. The van der Waals surface area contributed by atoms with Gasteiger partial charge in [0, 0.05) is 12.1 Å². The summed E-state index contributed by atoms with van der Waals surface area (Å²) in [7, 11) is 3.21. The molecule has 0 heterocycles. The molecule has 23 heavy (non-hydrogen) atoms. The van der Waals surface area contributed by atoms with E-state index in [0.29, 0.717) is 24.3 Å². The number of para-hydroxylation sites is 1. The van der Waals surface area contributed by atoms with Crippen LogP contribution in [-0.2, 0) is 11.2 Å². The number of nitrogens with one attached hydrogen (secondary N) is 1. The van der Waals surface area contributed by atoms with Crippen molar-refractivity contribution >= 4 is 11.6 Å². The quantitative estimate of drug-likeness (QED) is 0.880. The zero-order valence-corrected chi connectivity index (χ0v) is 14.1. The van der Waals surface area contributed by atoms with Crippen LogP contribution < -0.4 is 14.8 Å². The summed E-state index contributed by atoms with van der Waals surface area (Å²) >= 11 is 0. The highest BCUT2D eigenvalue weighted by Crippen LogP contribution is 2.31. The third-order valence-corrected chi connectivity index (χ3v) is 3.90. The van der Waals surface area contributed by atoms with Gasteiger partial charge in [0.1, 0.15) is 0 Å². The van der Waals surface area contributed by atoms with E-state index in [1.807, 2.05) is 43.3 Å². The molecule has 0 radical (unpaired) electrons. The molecule has 0 aliphatic carbocycles. The Bertz CT molecular complexity index is 695. The summed E-state index contributed by atoms with van der Waals surface area (Å²) in [5.41, 5.74) is 4.17. The molecule has 0 aromatic heterocycles. The number of benzene rings is 2. The molecule has 1 amide bonds. The fourth-order valence-electron chi connectivity index (χ4n) is 2.44. The first-order chi connectivity index (χ1) is 11.0. The molecule has 2 aromatic carbocycles. The van der Waals surface area contributed by atoms with Crippen LogP contribution in [0, 0.1) is 13.8 Å². The third-order valence-electron chi connectivity index (χ3n) is 3.90. The predicted octanol–water partition coefficient (Wildman–Crippen LogP) is 3.89. The number of carbonyl (C=O) groups excluding carboxylic acids is 1. The summed E-state index contributed by atoms with van der Waals surface area (Å²) in [5.74, 6) is 1.35. The fraction of sp³-hybridized carbons (Fsp3) is 0.316. The number of hydrogen-bond donors (Lipinski definition) is 1. The van der Waals surface area contributed by atoms with E-state index >= 15 is 0 Å². The number of carbonyl (C=O) groups is 1. The van der Waals surface area contributed by atoms with Crippen molar-refractivity contribution in [3.05, 3.63) is 53.1 Å². The molecular formula is C19H23NO3. The van der Waals surface area contributed by atoms with E-state index in [1.165, 1.54) is 5.56 Å². The van der Waals surface area contributed by atoms with E-state index in [-0.39, 0.29) is 5.91 Å². The SMILES string of the molecule is COc1cccc(CCC(=O)Nc2ccc(C)c(C)c2)c1OC. The maximum atomic E-state index is 12.2. The molecule has 0 aliphatic heterocycles. The molecule has 0 saturated heterocycles. The van der Waals surface area contributed by atoms with Gasteiger partial charge in [-0.2, -0.15) is 0 Å². The molecule has 0 saturated carbocycles. The van der Waals surface area contributed by atoms with E-state index in [4.69, 9.17) is 9.47 Å². The topological polar surface area (TPSA) is 47.6 Å². The molecule has 122 valence electrons. The Morgan fingerprint density at radius 3 is 2.48 bits per heavy atom. The zero-order valence-electron chi connectivity index (χ0n) is 14.1. The van der Waals surface area contributed by atoms with E-state index in [1.54, 1.807) is 14.2 Å². The van der Waals surface area contributed by atoms with Crippen LogP contribution in [0.25, 0.3) is 0 Å².